The number of hydrogen-bond acceptors (Lipinski definition) is 6. The van der Waals surface area contributed by atoms with Gasteiger partial charge in [-0.15, -0.1) is 0 Å². The van der Waals surface area contributed by atoms with Gasteiger partial charge in [0.15, 0.2) is 17.5 Å². The molecule has 1 atom stereocenters. The Labute approximate surface area is 171 Å². The zero-order valence-corrected chi connectivity index (χ0v) is 16.8. The quantitative estimate of drug-likeness (QED) is 0.669. The molecular formula is C20H21F2N7O. The number of nitrogens with one attached hydrogen (secondary N) is 2. The third-order valence-corrected chi connectivity index (χ3v) is 5.08. The third kappa shape index (κ3) is 3.80. The summed E-state index contributed by atoms with van der Waals surface area (Å²) in [5, 5.41) is 10.3. The number of aryl methyl sites for hydroxylation is 1. The van der Waals surface area contributed by atoms with Crippen LogP contribution in [0.2, 0.25) is 0 Å². The van der Waals surface area contributed by atoms with Gasteiger partial charge >= 0.3 is 0 Å². The van der Waals surface area contributed by atoms with Gasteiger partial charge in [0.25, 0.3) is 0 Å². The van der Waals surface area contributed by atoms with Crippen LogP contribution in [0, 0.1) is 18.6 Å². The van der Waals surface area contributed by atoms with Crippen molar-refractivity contribution in [1.82, 2.24) is 19.7 Å². The summed E-state index contributed by atoms with van der Waals surface area (Å²) in [6.45, 7) is 4.38. The van der Waals surface area contributed by atoms with Gasteiger partial charge in [-0.2, -0.15) is 10.1 Å². The highest BCUT2D eigenvalue weighted by Gasteiger charge is 2.30. The van der Waals surface area contributed by atoms with Crippen molar-refractivity contribution in [2.24, 2.45) is 0 Å². The molecule has 2 N–H and O–H groups in total. The molecule has 0 saturated heterocycles. The smallest absolute Gasteiger partial charge is 0.246 e. The van der Waals surface area contributed by atoms with E-state index in [9.17, 15) is 13.6 Å². The Hall–Kier alpha value is -3.56. The topological polar surface area (TPSA) is 88.0 Å². The molecule has 3 heterocycles. The maximum absolute atomic E-state index is 13.4. The van der Waals surface area contributed by atoms with E-state index in [-0.39, 0.29) is 11.9 Å². The van der Waals surface area contributed by atoms with Crippen molar-refractivity contribution >= 4 is 23.4 Å². The van der Waals surface area contributed by atoms with E-state index in [2.05, 4.69) is 25.7 Å². The van der Waals surface area contributed by atoms with E-state index in [4.69, 9.17) is 0 Å². The minimum absolute atomic E-state index is 0.0918. The number of hydrogen-bond donors (Lipinski definition) is 2. The van der Waals surface area contributed by atoms with Crippen LogP contribution in [0.4, 0.5) is 26.2 Å². The minimum atomic E-state index is -0.878. The van der Waals surface area contributed by atoms with E-state index < -0.39 is 11.6 Å². The lowest BCUT2D eigenvalue weighted by atomic mass is 10.2. The summed E-state index contributed by atoms with van der Waals surface area (Å²) in [4.78, 5) is 22.8. The molecule has 0 unspecified atom stereocenters. The van der Waals surface area contributed by atoms with Gasteiger partial charge in [-0.25, -0.2) is 13.8 Å². The van der Waals surface area contributed by atoms with Gasteiger partial charge in [0, 0.05) is 25.4 Å². The van der Waals surface area contributed by atoms with E-state index >= 15 is 0 Å². The highest BCUT2D eigenvalue weighted by Crippen LogP contribution is 2.32. The van der Waals surface area contributed by atoms with Crippen molar-refractivity contribution in [3.63, 3.8) is 0 Å². The summed E-state index contributed by atoms with van der Waals surface area (Å²) in [6, 6.07) is 3.47. The standard InChI is InChI=1S/C20H21F2N7O/c1-11-17-18(28(3)12(2)19(30)26-17)27-20(25-11)23-7-14-8-24-29(10-14)9-13-4-5-15(21)16(22)6-13/h4-6,8,10,12H,7,9H2,1-3H3,(H,26,30)(H,23,25,27)/t12-/m0/s1. The van der Waals surface area contributed by atoms with Crippen LogP contribution in [0.25, 0.3) is 0 Å². The number of rotatable bonds is 5. The van der Waals surface area contributed by atoms with Gasteiger partial charge in [-0.3, -0.25) is 9.48 Å². The molecule has 0 fully saturated rings. The number of halogens is 2. The Kier molecular flexibility index (Phi) is 5.06. The summed E-state index contributed by atoms with van der Waals surface area (Å²) in [6.07, 6.45) is 3.50. The normalized spacial score (nSPS) is 15.7. The van der Waals surface area contributed by atoms with Gasteiger partial charge < -0.3 is 15.5 Å². The molecule has 1 aliphatic rings. The second-order valence-electron chi connectivity index (χ2n) is 7.26. The van der Waals surface area contributed by atoms with Crippen LogP contribution < -0.4 is 15.5 Å². The van der Waals surface area contributed by atoms with Gasteiger partial charge in [-0.1, -0.05) is 6.07 Å². The van der Waals surface area contributed by atoms with Crippen molar-refractivity contribution in [2.75, 3.05) is 22.6 Å². The van der Waals surface area contributed by atoms with Crippen LogP contribution in [0.1, 0.15) is 23.7 Å². The zero-order valence-electron chi connectivity index (χ0n) is 16.8. The van der Waals surface area contributed by atoms with E-state index in [0.29, 0.717) is 41.8 Å². The predicted molar refractivity (Wildman–Crippen MR) is 108 cm³/mol. The second kappa shape index (κ2) is 7.69. The Bertz CT molecular complexity index is 1110. The molecule has 0 aliphatic carbocycles. The number of anilines is 3. The lowest BCUT2D eigenvalue weighted by Crippen LogP contribution is -2.44. The molecule has 2 aromatic heterocycles. The highest BCUT2D eigenvalue weighted by molar-refractivity contribution is 6.03. The van der Waals surface area contributed by atoms with Crippen molar-refractivity contribution in [3.05, 3.63) is 59.0 Å². The number of carbonyl (C=O) groups excluding carboxylic acids is 1. The van der Waals surface area contributed by atoms with Crippen LogP contribution in [-0.4, -0.2) is 38.7 Å². The summed E-state index contributed by atoms with van der Waals surface area (Å²) in [5.74, 6) is -0.743. The van der Waals surface area contributed by atoms with Crippen molar-refractivity contribution in [1.29, 1.82) is 0 Å². The van der Waals surface area contributed by atoms with Gasteiger partial charge in [0.05, 0.1) is 18.4 Å². The van der Waals surface area contributed by atoms with Gasteiger partial charge in [0.1, 0.15) is 11.7 Å². The Morgan fingerprint density at radius 3 is 2.77 bits per heavy atom. The fourth-order valence-electron chi connectivity index (χ4n) is 3.22. The predicted octanol–water partition coefficient (Wildman–Crippen LogP) is 2.70. The molecule has 0 bridgehead atoms. The van der Waals surface area contributed by atoms with E-state index in [0.717, 1.165) is 17.7 Å². The monoisotopic (exact) mass is 413 g/mol. The SMILES string of the molecule is Cc1nc(NCc2cnn(Cc3ccc(F)c(F)c3)c2)nc2c1NC(=O)[C@H](C)N2C. The van der Waals surface area contributed by atoms with Crippen LogP contribution in [0.3, 0.4) is 0 Å². The molecular weight excluding hydrogens is 392 g/mol. The van der Waals surface area contributed by atoms with Crippen LogP contribution >= 0.6 is 0 Å². The summed E-state index contributed by atoms with van der Waals surface area (Å²) in [5.41, 5.74) is 2.78. The number of amides is 1. The van der Waals surface area contributed by atoms with Gasteiger partial charge in [0.2, 0.25) is 11.9 Å². The van der Waals surface area contributed by atoms with Crippen LogP contribution in [-0.2, 0) is 17.9 Å². The molecule has 3 aromatic rings. The summed E-state index contributed by atoms with van der Waals surface area (Å²) < 4.78 is 28.1. The van der Waals surface area contributed by atoms with Crippen molar-refractivity contribution in [2.45, 2.75) is 33.0 Å². The zero-order chi connectivity index (χ0) is 21.4. The fourth-order valence-corrected chi connectivity index (χ4v) is 3.22. The largest absolute Gasteiger partial charge is 0.350 e. The Morgan fingerprint density at radius 1 is 1.20 bits per heavy atom. The molecule has 8 nitrogen and oxygen atoms in total. The molecule has 1 aromatic carbocycles. The Balaban J connectivity index is 1.45. The van der Waals surface area contributed by atoms with Crippen molar-refractivity contribution in [3.8, 4) is 0 Å². The first kappa shape index (κ1) is 19.7. The molecule has 1 amide bonds. The first-order valence-corrected chi connectivity index (χ1v) is 9.43. The number of fused-ring (bicyclic) bond motifs is 1. The number of likely N-dealkylation sites (N-methyl/N-ethyl adjacent to an activating group) is 1. The maximum Gasteiger partial charge on any atom is 0.246 e. The molecule has 0 radical (unpaired) electrons. The number of aromatic nitrogens is 4. The highest BCUT2D eigenvalue weighted by atomic mass is 19.2. The Morgan fingerprint density at radius 2 is 2.00 bits per heavy atom. The minimum Gasteiger partial charge on any atom is -0.350 e. The maximum atomic E-state index is 13.4. The number of benzene rings is 1. The number of carbonyl (C=O) groups is 1. The van der Waals surface area contributed by atoms with Gasteiger partial charge in [-0.05, 0) is 31.5 Å². The third-order valence-electron chi connectivity index (χ3n) is 5.08. The molecule has 156 valence electrons. The van der Waals surface area contributed by atoms with E-state index in [1.807, 2.05) is 32.0 Å². The lowest BCUT2D eigenvalue weighted by Gasteiger charge is -2.32. The van der Waals surface area contributed by atoms with E-state index in [1.54, 1.807) is 10.9 Å². The first-order chi connectivity index (χ1) is 14.3. The number of nitrogens with zero attached hydrogens (tertiary/aromatic N) is 5. The average molecular weight is 413 g/mol. The fraction of sp³-hybridized carbons (Fsp3) is 0.300. The second-order valence-corrected chi connectivity index (χ2v) is 7.26. The molecule has 4 rings (SSSR count). The first-order valence-electron chi connectivity index (χ1n) is 9.43. The van der Waals surface area contributed by atoms with E-state index in [1.165, 1.54) is 6.07 Å². The molecule has 30 heavy (non-hydrogen) atoms. The van der Waals surface area contributed by atoms with Crippen molar-refractivity contribution < 1.29 is 13.6 Å². The molecule has 0 saturated carbocycles. The summed E-state index contributed by atoms with van der Waals surface area (Å²) >= 11 is 0. The molecule has 0 spiro atoms. The lowest BCUT2D eigenvalue weighted by molar-refractivity contribution is -0.117. The average Bonchev–Trinajstić information content (AvgIpc) is 3.16. The van der Waals surface area contributed by atoms with Crippen LogP contribution in [0.5, 0.6) is 0 Å². The summed E-state index contributed by atoms with van der Waals surface area (Å²) in [7, 11) is 1.82. The molecule has 10 heteroatoms. The van der Waals surface area contributed by atoms with Crippen LogP contribution in [0.15, 0.2) is 30.6 Å². The molecule has 1 aliphatic heterocycles.